The van der Waals surface area contributed by atoms with Crippen LogP contribution in [0.25, 0.3) is 10.9 Å². The highest BCUT2D eigenvalue weighted by molar-refractivity contribution is 7.99. The molecule has 6 nitrogen and oxygen atoms in total. The number of fused-ring (bicyclic) bond motifs is 1. The molecular weight excluding hydrogens is 372 g/mol. The lowest BCUT2D eigenvalue weighted by molar-refractivity contribution is -0.118. The van der Waals surface area contributed by atoms with Crippen LogP contribution in [0.4, 0.5) is 5.69 Å². The maximum atomic E-state index is 12.4. The van der Waals surface area contributed by atoms with Gasteiger partial charge in [0.05, 0.1) is 16.7 Å². The number of aromatic nitrogens is 2. The maximum absolute atomic E-state index is 12.4. The van der Waals surface area contributed by atoms with Crippen molar-refractivity contribution in [2.75, 3.05) is 30.8 Å². The van der Waals surface area contributed by atoms with Crippen molar-refractivity contribution >= 4 is 34.3 Å². The zero-order valence-corrected chi connectivity index (χ0v) is 16.9. The molecule has 0 aliphatic carbocycles. The van der Waals surface area contributed by atoms with Crippen molar-refractivity contribution in [3.05, 3.63) is 65.0 Å². The number of hydrogen-bond acceptors (Lipinski definition) is 5. The van der Waals surface area contributed by atoms with Crippen LogP contribution < -0.4 is 15.8 Å². The van der Waals surface area contributed by atoms with Crippen molar-refractivity contribution in [1.29, 1.82) is 0 Å². The van der Waals surface area contributed by atoms with Gasteiger partial charge in [0, 0.05) is 32.9 Å². The molecule has 28 heavy (non-hydrogen) atoms. The minimum Gasteiger partial charge on any atom is -0.375 e. The third kappa shape index (κ3) is 4.92. The molecule has 0 saturated heterocycles. The fourth-order valence-electron chi connectivity index (χ4n) is 2.86. The molecule has 146 valence electrons. The molecule has 0 spiro atoms. The first-order chi connectivity index (χ1) is 13.6. The standard InChI is InChI=1S/C21H24N4O2S/c1-24(16-9-4-3-5-10-16)14-8-13-22-19(26)15-28-21-23-18-12-7-6-11-17(18)20(27)25(21)2/h3-7,9-12H,8,13-15H2,1-2H3,(H,22,26). The Morgan fingerprint density at radius 1 is 1.14 bits per heavy atom. The number of benzene rings is 2. The largest absolute Gasteiger partial charge is 0.375 e. The highest BCUT2D eigenvalue weighted by Crippen LogP contribution is 2.16. The van der Waals surface area contributed by atoms with E-state index in [1.165, 1.54) is 16.3 Å². The Kier molecular flexibility index (Phi) is 6.71. The van der Waals surface area contributed by atoms with Gasteiger partial charge in [-0.3, -0.25) is 14.2 Å². The predicted octanol–water partition coefficient (Wildman–Crippen LogP) is 2.67. The number of carbonyl (C=O) groups is 1. The van der Waals surface area contributed by atoms with E-state index in [9.17, 15) is 9.59 Å². The molecule has 3 rings (SSSR count). The van der Waals surface area contributed by atoms with E-state index in [4.69, 9.17) is 0 Å². The summed E-state index contributed by atoms with van der Waals surface area (Å²) in [4.78, 5) is 31.2. The van der Waals surface area contributed by atoms with E-state index in [1.54, 1.807) is 13.1 Å². The molecule has 0 radical (unpaired) electrons. The highest BCUT2D eigenvalue weighted by Gasteiger charge is 2.10. The highest BCUT2D eigenvalue weighted by atomic mass is 32.2. The SMILES string of the molecule is CN(CCCNC(=O)CSc1nc2ccccc2c(=O)n1C)c1ccccc1. The van der Waals surface area contributed by atoms with Crippen molar-refractivity contribution in [3.8, 4) is 0 Å². The van der Waals surface area contributed by atoms with Gasteiger partial charge in [0.25, 0.3) is 5.56 Å². The fourth-order valence-corrected chi connectivity index (χ4v) is 3.67. The van der Waals surface area contributed by atoms with Crippen LogP contribution in [0.5, 0.6) is 0 Å². The zero-order chi connectivity index (χ0) is 19.9. The van der Waals surface area contributed by atoms with Gasteiger partial charge >= 0.3 is 0 Å². The summed E-state index contributed by atoms with van der Waals surface area (Å²) in [6.45, 7) is 1.47. The lowest BCUT2D eigenvalue weighted by Gasteiger charge is -2.19. The number of amides is 1. The first-order valence-corrected chi connectivity index (χ1v) is 10.2. The Labute approximate surface area is 168 Å². The lowest BCUT2D eigenvalue weighted by atomic mass is 10.2. The zero-order valence-electron chi connectivity index (χ0n) is 16.1. The number of carbonyl (C=O) groups excluding carboxylic acids is 1. The molecule has 0 atom stereocenters. The smallest absolute Gasteiger partial charge is 0.261 e. The third-order valence-electron chi connectivity index (χ3n) is 4.46. The van der Waals surface area contributed by atoms with Gasteiger partial charge in [-0.2, -0.15) is 0 Å². The van der Waals surface area contributed by atoms with Gasteiger partial charge in [0.2, 0.25) is 5.91 Å². The van der Waals surface area contributed by atoms with Crippen molar-refractivity contribution in [2.24, 2.45) is 7.05 Å². The first-order valence-electron chi connectivity index (χ1n) is 9.17. The summed E-state index contributed by atoms with van der Waals surface area (Å²) in [7, 11) is 3.72. The number of para-hydroxylation sites is 2. The molecule has 1 aromatic heterocycles. The minimum absolute atomic E-state index is 0.0604. The van der Waals surface area contributed by atoms with Crippen LogP contribution in [0.15, 0.2) is 64.5 Å². The quantitative estimate of drug-likeness (QED) is 0.360. The van der Waals surface area contributed by atoms with Crippen molar-refractivity contribution in [3.63, 3.8) is 0 Å². The fraction of sp³-hybridized carbons (Fsp3) is 0.286. The van der Waals surface area contributed by atoms with Gasteiger partial charge < -0.3 is 10.2 Å². The lowest BCUT2D eigenvalue weighted by Crippen LogP contribution is -2.29. The molecule has 0 bridgehead atoms. The number of rotatable bonds is 8. The van der Waals surface area contributed by atoms with Crippen LogP contribution in [0.3, 0.4) is 0 Å². The predicted molar refractivity (Wildman–Crippen MR) is 115 cm³/mol. The van der Waals surface area contributed by atoms with Crippen LogP contribution in [0.2, 0.25) is 0 Å². The van der Waals surface area contributed by atoms with Gasteiger partial charge in [-0.05, 0) is 30.7 Å². The minimum atomic E-state index is -0.0996. The molecular formula is C21H24N4O2S. The van der Waals surface area contributed by atoms with Crippen LogP contribution in [-0.4, -0.2) is 41.3 Å². The summed E-state index contributed by atoms with van der Waals surface area (Å²) < 4.78 is 1.50. The van der Waals surface area contributed by atoms with Gasteiger partial charge in [-0.1, -0.05) is 42.1 Å². The number of anilines is 1. The van der Waals surface area contributed by atoms with E-state index in [-0.39, 0.29) is 17.2 Å². The van der Waals surface area contributed by atoms with Gasteiger partial charge in [0.15, 0.2) is 5.16 Å². The molecule has 0 aliphatic rings. The number of hydrogen-bond donors (Lipinski definition) is 1. The molecule has 0 unspecified atom stereocenters. The van der Waals surface area contributed by atoms with Crippen LogP contribution in [0.1, 0.15) is 6.42 Å². The summed E-state index contributed by atoms with van der Waals surface area (Å²) >= 11 is 1.27. The van der Waals surface area contributed by atoms with Crippen LogP contribution >= 0.6 is 11.8 Å². The molecule has 3 aromatic rings. The molecule has 2 aromatic carbocycles. The maximum Gasteiger partial charge on any atom is 0.261 e. The van der Waals surface area contributed by atoms with Gasteiger partial charge in [0.1, 0.15) is 0 Å². The second-order valence-electron chi connectivity index (χ2n) is 6.52. The van der Waals surface area contributed by atoms with E-state index in [0.29, 0.717) is 22.6 Å². The molecule has 0 aliphatic heterocycles. The number of thioether (sulfide) groups is 1. The summed E-state index contributed by atoms with van der Waals surface area (Å²) in [6.07, 6.45) is 0.856. The summed E-state index contributed by atoms with van der Waals surface area (Å²) in [5.41, 5.74) is 1.71. The molecule has 1 N–H and O–H groups in total. The molecule has 0 fully saturated rings. The Morgan fingerprint density at radius 2 is 1.86 bits per heavy atom. The average Bonchev–Trinajstić information content (AvgIpc) is 2.73. The summed E-state index contributed by atoms with van der Waals surface area (Å²) in [6, 6.07) is 17.4. The van der Waals surface area contributed by atoms with E-state index in [0.717, 1.165) is 18.7 Å². The second-order valence-corrected chi connectivity index (χ2v) is 7.47. The number of nitrogens with one attached hydrogen (secondary N) is 1. The number of nitrogens with zero attached hydrogens (tertiary/aromatic N) is 3. The third-order valence-corrected chi connectivity index (χ3v) is 5.49. The van der Waals surface area contributed by atoms with E-state index >= 15 is 0 Å². The molecule has 1 amide bonds. The second kappa shape index (κ2) is 9.41. The van der Waals surface area contributed by atoms with Crippen LogP contribution in [0, 0.1) is 0 Å². The monoisotopic (exact) mass is 396 g/mol. The Hall–Kier alpha value is -2.80. The normalized spacial score (nSPS) is 10.8. The Balaban J connectivity index is 1.46. The Morgan fingerprint density at radius 3 is 2.64 bits per heavy atom. The summed E-state index contributed by atoms with van der Waals surface area (Å²) in [5.74, 6) is 0.169. The Bertz CT molecular complexity index is 1000. The van der Waals surface area contributed by atoms with Crippen LogP contribution in [-0.2, 0) is 11.8 Å². The van der Waals surface area contributed by atoms with Crippen molar-refractivity contribution in [1.82, 2.24) is 14.9 Å². The van der Waals surface area contributed by atoms with Gasteiger partial charge in [-0.25, -0.2) is 4.98 Å². The van der Waals surface area contributed by atoms with Crippen molar-refractivity contribution < 1.29 is 4.79 Å². The van der Waals surface area contributed by atoms with E-state index in [2.05, 4.69) is 27.3 Å². The first kappa shape index (κ1) is 19.9. The molecule has 1 heterocycles. The molecule has 7 heteroatoms. The average molecular weight is 397 g/mol. The van der Waals surface area contributed by atoms with Crippen molar-refractivity contribution in [2.45, 2.75) is 11.6 Å². The van der Waals surface area contributed by atoms with Gasteiger partial charge in [-0.15, -0.1) is 0 Å². The topological polar surface area (TPSA) is 67.2 Å². The van der Waals surface area contributed by atoms with E-state index in [1.807, 2.05) is 43.4 Å². The molecule has 0 saturated carbocycles. The summed E-state index contributed by atoms with van der Waals surface area (Å²) in [5, 5.41) is 4.06. The van der Waals surface area contributed by atoms with E-state index < -0.39 is 0 Å².